The summed E-state index contributed by atoms with van der Waals surface area (Å²) in [7, 11) is 0. The summed E-state index contributed by atoms with van der Waals surface area (Å²) in [6, 6.07) is 0. The molecule has 0 aliphatic rings. The molecule has 0 bridgehead atoms. The first-order chi connectivity index (χ1) is 34.0. The predicted molar refractivity (Wildman–Crippen MR) is 297 cm³/mol. The molecule has 0 aromatic carbocycles. The van der Waals surface area contributed by atoms with Gasteiger partial charge < -0.3 is 14.2 Å². The third kappa shape index (κ3) is 55.4. The second-order valence-corrected chi connectivity index (χ2v) is 19.2. The van der Waals surface area contributed by atoms with Crippen LogP contribution in [-0.4, -0.2) is 37.2 Å². The molecule has 0 unspecified atom stereocenters. The average molecular weight is 962 g/mol. The second-order valence-electron chi connectivity index (χ2n) is 19.2. The van der Waals surface area contributed by atoms with Gasteiger partial charge in [-0.2, -0.15) is 0 Å². The van der Waals surface area contributed by atoms with Crippen molar-refractivity contribution < 1.29 is 28.6 Å². The van der Waals surface area contributed by atoms with Crippen molar-refractivity contribution in [2.24, 2.45) is 0 Å². The van der Waals surface area contributed by atoms with Crippen molar-refractivity contribution in [2.75, 3.05) is 13.2 Å². The summed E-state index contributed by atoms with van der Waals surface area (Å²) in [5.74, 6) is -0.920. The molecule has 6 nitrogen and oxygen atoms in total. The van der Waals surface area contributed by atoms with E-state index >= 15 is 0 Å². The van der Waals surface area contributed by atoms with Crippen LogP contribution in [0.25, 0.3) is 0 Å². The van der Waals surface area contributed by atoms with Crippen molar-refractivity contribution in [1.29, 1.82) is 0 Å². The van der Waals surface area contributed by atoms with Gasteiger partial charge in [0.1, 0.15) is 13.2 Å². The molecule has 396 valence electrons. The lowest BCUT2D eigenvalue weighted by atomic mass is 10.1. The third-order valence-corrected chi connectivity index (χ3v) is 12.4. The average Bonchev–Trinajstić information content (AvgIpc) is 3.35. The zero-order chi connectivity index (χ0) is 50.0. The lowest BCUT2D eigenvalue weighted by Crippen LogP contribution is -2.30. The van der Waals surface area contributed by atoms with E-state index in [4.69, 9.17) is 14.2 Å². The van der Waals surface area contributed by atoms with Crippen LogP contribution in [0.2, 0.25) is 0 Å². The van der Waals surface area contributed by atoms with Crippen LogP contribution in [0.4, 0.5) is 0 Å². The van der Waals surface area contributed by atoms with Crippen LogP contribution >= 0.6 is 0 Å². The minimum atomic E-state index is -0.793. The highest BCUT2D eigenvalue weighted by Crippen LogP contribution is 2.15. The zero-order valence-corrected chi connectivity index (χ0v) is 45.3. The number of ether oxygens (including phenoxy) is 3. The number of hydrogen-bond acceptors (Lipinski definition) is 6. The molecule has 0 saturated heterocycles. The quantitative estimate of drug-likeness (QED) is 0.0262. The molecule has 0 rings (SSSR count). The molecule has 0 heterocycles. The minimum absolute atomic E-state index is 0.0902. The number of allylic oxidation sites excluding steroid dienone is 14. The first-order valence-electron chi connectivity index (χ1n) is 29.1. The topological polar surface area (TPSA) is 78.9 Å². The second kappa shape index (κ2) is 57.2. The first-order valence-corrected chi connectivity index (χ1v) is 29.1. The first kappa shape index (κ1) is 65.6. The number of esters is 3. The largest absolute Gasteiger partial charge is 0.462 e. The predicted octanol–water partition coefficient (Wildman–Crippen LogP) is 19.5. The number of carbonyl (C=O) groups excluding carboxylic acids is 3. The Balaban J connectivity index is 4.44. The molecule has 0 aromatic rings. The summed E-state index contributed by atoms with van der Waals surface area (Å²) in [6.45, 7) is 6.48. The van der Waals surface area contributed by atoms with Crippen molar-refractivity contribution in [3.63, 3.8) is 0 Å². The van der Waals surface area contributed by atoms with Gasteiger partial charge in [-0.25, -0.2) is 0 Å². The van der Waals surface area contributed by atoms with E-state index in [1.54, 1.807) is 0 Å². The fourth-order valence-electron chi connectivity index (χ4n) is 7.99. The highest BCUT2D eigenvalue weighted by molar-refractivity contribution is 5.71. The molecule has 0 N–H and O–H groups in total. The lowest BCUT2D eigenvalue weighted by molar-refractivity contribution is -0.167. The van der Waals surface area contributed by atoms with Crippen LogP contribution in [-0.2, 0) is 28.6 Å². The van der Waals surface area contributed by atoms with Crippen LogP contribution < -0.4 is 0 Å². The summed E-state index contributed by atoms with van der Waals surface area (Å²) in [4.78, 5) is 38.2. The lowest BCUT2D eigenvalue weighted by Gasteiger charge is -2.18. The van der Waals surface area contributed by atoms with E-state index in [9.17, 15) is 14.4 Å². The third-order valence-electron chi connectivity index (χ3n) is 12.4. The molecule has 0 aliphatic carbocycles. The van der Waals surface area contributed by atoms with Gasteiger partial charge in [0.25, 0.3) is 0 Å². The highest BCUT2D eigenvalue weighted by atomic mass is 16.6. The Hall–Kier alpha value is -3.41. The van der Waals surface area contributed by atoms with Crippen LogP contribution in [0.5, 0.6) is 0 Å². The number of unbranched alkanes of at least 4 members (excludes halogenated alkanes) is 27. The van der Waals surface area contributed by atoms with Crippen LogP contribution in [0, 0.1) is 0 Å². The van der Waals surface area contributed by atoms with Gasteiger partial charge >= 0.3 is 17.9 Å². The van der Waals surface area contributed by atoms with E-state index in [1.165, 1.54) is 128 Å². The van der Waals surface area contributed by atoms with Crippen LogP contribution in [0.15, 0.2) is 85.1 Å². The Morgan fingerprint density at radius 3 is 0.928 bits per heavy atom. The van der Waals surface area contributed by atoms with E-state index in [2.05, 4.69) is 106 Å². The Morgan fingerprint density at radius 2 is 0.565 bits per heavy atom. The summed E-state index contributed by atoms with van der Waals surface area (Å²) in [6.07, 6.45) is 74.2. The summed E-state index contributed by atoms with van der Waals surface area (Å²) >= 11 is 0. The standard InChI is InChI=1S/C63H108O6/c1-4-7-10-13-16-19-22-25-28-31-34-37-40-43-46-49-52-55-61(64)67-58-60(69-63(66)57-54-51-48-45-42-39-36-33-30-27-24-21-18-15-12-9-6-3)59-68-62(65)56-53-50-47-44-41-38-35-32-29-26-23-20-17-14-11-8-5-2/h7,10,16-17,19-20,25-30,34,37,60H,4-6,8-9,11-15,18,21-24,31-33,35-36,38-59H2,1-3H3/b10-7-,19-16-,20-17-,28-25-,29-26-,30-27-,37-34-/t60-/m1/s1. The van der Waals surface area contributed by atoms with Crippen molar-refractivity contribution >= 4 is 17.9 Å². The van der Waals surface area contributed by atoms with Gasteiger partial charge in [0.15, 0.2) is 6.10 Å². The molecule has 6 heteroatoms. The van der Waals surface area contributed by atoms with Crippen molar-refractivity contribution in [1.82, 2.24) is 0 Å². The summed E-state index contributed by atoms with van der Waals surface area (Å²) in [5.41, 5.74) is 0. The monoisotopic (exact) mass is 961 g/mol. The SMILES string of the molecule is CC/C=C\C/C=C\C/C=C\C/C=C\CCCCCCC(=O)OC[C@H](COC(=O)CCCCCCCCC/C=C\C/C=C\CCCCC)OC(=O)CCCCCCCCC/C=C\CCCCCCCC. The van der Waals surface area contributed by atoms with Gasteiger partial charge in [0, 0.05) is 19.3 Å². The number of carbonyl (C=O) groups is 3. The molecule has 0 radical (unpaired) electrons. The van der Waals surface area contributed by atoms with E-state index < -0.39 is 6.10 Å². The molecular weight excluding hydrogens is 853 g/mol. The molecule has 69 heavy (non-hydrogen) atoms. The molecule has 0 amide bonds. The zero-order valence-electron chi connectivity index (χ0n) is 45.3. The van der Waals surface area contributed by atoms with Gasteiger partial charge in [-0.15, -0.1) is 0 Å². The number of hydrogen-bond donors (Lipinski definition) is 0. The molecule has 1 atom stereocenters. The molecule has 0 saturated carbocycles. The van der Waals surface area contributed by atoms with E-state index in [-0.39, 0.29) is 31.1 Å². The Bertz CT molecular complexity index is 1330. The van der Waals surface area contributed by atoms with E-state index in [0.29, 0.717) is 19.3 Å². The normalized spacial score (nSPS) is 12.7. The van der Waals surface area contributed by atoms with Crippen molar-refractivity contribution in [3.05, 3.63) is 85.1 Å². The summed E-state index contributed by atoms with van der Waals surface area (Å²) in [5, 5.41) is 0. The fourth-order valence-corrected chi connectivity index (χ4v) is 7.99. The number of rotatable bonds is 52. The molecule has 0 spiro atoms. The smallest absolute Gasteiger partial charge is 0.306 e. The van der Waals surface area contributed by atoms with Gasteiger partial charge in [0.05, 0.1) is 0 Å². The maximum Gasteiger partial charge on any atom is 0.306 e. The Labute approximate surface area is 426 Å². The minimum Gasteiger partial charge on any atom is -0.462 e. The van der Waals surface area contributed by atoms with Crippen molar-refractivity contribution in [2.45, 2.75) is 284 Å². The molecule has 0 aliphatic heterocycles. The van der Waals surface area contributed by atoms with Gasteiger partial charge in [-0.3, -0.25) is 14.4 Å². The van der Waals surface area contributed by atoms with Gasteiger partial charge in [0.2, 0.25) is 0 Å². The molecule has 0 fully saturated rings. The highest BCUT2D eigenvalue weighted by Gasteiger charge is 2.19. The maximum absolute atomic E-state index is 12.9. The Kier molecular flexibility index (Phi) is 54.3. The van der Waals surface area contributed by atoms with Gasteiger partial charge in [-0.05, 0) is 116 Å². The van der Waals surface area contributed by atoms with Gasteiger partial charge in [-0.1, -0.05) is 228 Å². The van der Waals surface area contributed by atoms with Crippen LogP contribution in [0.1, 0.15) is 278 Å². The maximum atomic E-state index is 12.9. The van der Waals surface area contributed by atoms with E-state index in [1.807, 2.05) is 0 Å². The van der Waals surface area contributed by atoms with Crippen LogP contribution in [0.3, 0.4) is 0 Å². The van der Waals surface area contributed by atoms with E-state index in [0.717, 1.165) is 109 Å². The molecule has 0 aromatic heterocycles. The molecular formula is C63H108O6. The summed E-state index contributed by atoms with van der Waals surface area (Å²) < 4.78 is 16.9. The fraction of sp³-hybridized carbons (Fsp3) is 0.730. The Morgan fingerprint density at radius 1 is 0.304 bits per heavy atom. The van der Waals surface area contributed by atoms with Crippen molar-refractivity contribution in [3.8, 4) is 0 Å².